The van der Waals surface area contributed by atoms with E-state index in [2.05, 4.69) is 15.3 Å². The highest BCUT2D eigenvalue weighted by Crippen LogP contribution is 2.26. The summed E-state index contributed by atoms with van der Waals surface area (Å²) in [5.41, 5.74) is 1.16. The number of aryl methyl sites for hydroxylation is 2. The van der Waals surface area contributed by atoms with Crippen LogP contribution in [-0.2, 0) is 9.84 Å². The number of rotatable bonds is 2. The van der Waals surface area contributed by atoms with Crippen LogP contribution in [0.1, 0.15) is 11.1 Å². The molecule has 0 atom stereocenters. The highest BCUT2D eigenvalue weighted by Gasteiger charge is 2.27. The first-order valence-corrected chi connectivity index (χ1v) is 9.19. The molecule has 0 bridgehead atoms. The van der Waals surface area contributed by atoms with Crippen LogP contribution in [-0.4, -0.2) is 33.3 Å². The summed E-state index contributed by atoms with van der Waals surface area (Å²) in [5.74, 6) is -0.0843. The van der Waals surface area contributed by atoms with Crippen molar-refractivity contribution in [3.63, 3.8) is 0 Å². The monoisotopic (exact) mass is 370 g/mol. The van der Waals surface area contributed by atoms with Crippen LogP contribution in [0.2, 0.25) is 0 Å². The standard InChI is InChI=1S/C17H14N4O4S/c1-9-3-6-14(10(2)7-9)26(24,25)17-15-18-16(23)12-8-11(22)4-5-13(12)21(15)20-19-17/h3-8,20,22H,1-2H3. The molecule has 0 aliphatic heterocycles. The van der Waals surface area contributed by atoms with E-state index < -0.39 is 15.4 Å². The van der Waals surface area contributed by atoms with Gasteiger partial charge in [-0.05, 0) is 43.7 Å². The van der Waals surface area contributed by atoms with Gasteiger partial charge in [0.05, 0.1) is 15.8 Å². The zero-order valence-corrected chi connectivity index (χ0v) is 14.7. The van der Waals surface area contributed by atoms with Gasteiger partial charge in [0.1, 0.15) is 5.75 Å². The van der Waals surface area contributed by atoms with Crippen LogP contribution in [0.15, 0.2) is 51.1 Å². The zero-order valence-electron chi connectivity index (χ0n) is 13.9. The molecule has 0 radical (unpaired) electrons. The Hall–Kier alpha value is -3.20. The molecule has 0 unspecified atom stereocenters. The number of phenols is 1. The second-order valence-electron chi connectivity index (χ2n) is 6.07. The predicted molar refractivity (Wildman–Crippen MR) is 94.1 cm³/mol. The van der Waals surface area contributed by atoms with Crippen LogP contribution in [0.3, 0.4) is 0 Å². The highest BCUT2D eigenvalue weighted by molar-refractivity contribution is 7.91. The zero-order chi connectivity index (χ0) is 18.6. The van der Waals surface area contributed by atoms with Gasteiger partial charge in [-0.2, -0.15) is 4.98 Å². The number of sulfone groups is 1. The lowest BCUT2D eigenvalue weighted by Crippen LogP contribution is -2.12. The van der Waals surface area contributed by atoms with Gasteiger partial charge in [-0.1, -0.05) is 17.7 Å². The Bertz CT molecular complexity index is 1350. The van der Waals surface area contributed by atoms with Crippen LogP contribution < -0.4 is 5.56 Å². The number of benzene rings is 2. The van der Waals surface area contributed by atoms with Crippen molar-refractivity contribution in [1.82, 2.24) is 19.8 Å². The third-order valence-corrected chi connectivity index (χ3v) is 6.01. The Morgan fingerprint density at radius 1 is 1.12 bits per heavy atom. The Labute approximate surface area is 147 Å². The van der Waals surface area contributed by atoms with E-state index in [1.54, 1.807) is 19.1 Å². The minimum Gasteiger partial charge on any atom is -0.508 e. The number of aromatic nitrogens is 4. The van der Waals surface area contributed by atoms with E-state index in [-0.39, 0.29) is 26.7 Å². The summed E-state index contributed by atoms with van der Waals surface area (Å²) >= 11 is 0. The normalized spacial score (nSPS) is 12.1. The van der Waals surface area contributed by atoms with Gasteiger partial charge in [0.25, 0.3) is 5.56 Å². The van der Waals surface area contributed by atoms with Crippen molar-refractivity contribution in [2.24, 2.45) is 0 Å². The number of fused-ring (bicyclic) bond motifs is 3. The molecule has 0 aliphatic carbocycles. The molecular weight excluding hydrogens is 356 g/mol. The maximum Gasteiger partial charge on any atom is 0.281 e. The fourth-order valence-corrected chi connectivity index (χ4v) is 4.46. The molecule has 2 aromatic heterocycles. The van der Waals surface area contributed by atoms with E-state index in [0.29, 0.717) is 11.1 Å². The molecule has 2 aromatic carbocycles. The van der Waals surface area contributed by atoms with Crippen molar-refractivity contribution in [3.05, 3.63) is 57.9 Å². The number of phenolic OH excluding ortho intramolecular Hbond substituents is 1. The third kappa shape index (κ3) is 2.28. The Morgan fingerprint density at radius 2 is 1.88 bits per heavy atom. The summed E-state index contributed by atoms with van der Waals surface area (Å²) in [6, 6.07) is 9.14. The van der Waals surface area contributed by atoms with Crippen molar-refractivity contribution in [2.75, 3.05) is 0 Å². The number of nitrogens with zero attached hydrogens (tertiary/aromatic N) is 3. The summed E-state index contributed by atoms with van der Waals surface area (Å²) < 4.78 is 27.4. The van der Waals surface area contributed by atoms with Gasteiger partial charge in [0, 0.05) is 0 Å². The number of H-pyrrole nitrogens is 1. The Morgan fingerprint density at radius 3 is 2.62 bits per heavy atom. The van der Waals surface area contributed by atoms with Gasteiger partial charge in [-0.25, -0.2) is 18.1 Å². The van der Waals surface area contributed by atoms with Crippen LogP contribution >= 0.6 is 0 Å². The number of hydrogen-bond acceptors (Lipinski definition) is 6. The molecule has 9 heteroatoms. The Kier molecular flexibility index (Phi) is 3.38. The molecular formula is C17H14N4O4S. The lowest BCUT2D eigenvalue weighted by molar-refractivity contribution is 0.476. The summed E-state index contributed by atoms with van der Waals surface area (Å²) in [5, 5.41) is 15.9. The van der Waals surface area contributed by atoms with E-state index in [9.17, 15) is 18.3 Å². The van der Waals surface area contributed by atoms with Crippen LogP contribution in [0.5, 0.6) is 5.75 Å². The molecule has 26 heavy (non-hydrogen) atoms. The van der Waals surface area contributed by atoms with Crippen LogP contribution in [0.4, 0.5) is 0 Å². The largest absolute Gasteiger partial charge is 0.508 e. The van der Waals surface area contributed by atoms with E-state index >= 15 is 0 Å². The molecule has 0 fully saturated rings. The maximum absolute atomic E-state index is 13.1. The van der Waals surface area contributed by atoms with Crippen molar-refractivity contribution < 1.29 is 13.5 Å². The first kappa shape index (κ1) is 16.3. The molecule has 0 spiro atoms. The van der Waals surface area contributed by atoms with Gasteiger partial charge >= 0.3 is 0 Å². The molecule has 0 amide bonds. The van der Waals surface area contributed by atoms with Crippen LogP contribution in [0, 0.1) is 13.8 Å². The SMILES string of the molecule is Cc1ccc(S(=O)(=O)c2n[nH]n3c2nc(=O)c2cc(O)ccc23)c(C)c1. The summed E-state index contributed by atoms with van der Waals surface area (Å²) in [7, 11) is -3.98. The number of aromatic hydroxyl groups is 1. The quantitative estimate of drug-likeness (QED) is 0.555. The van der Waals surface area contributed by atoms with E-state index in [4.69, 9.17) is 0 Å². The maximum atomic E-state index is 13.1. The summed E-state index contributed by atoms with van der Waals surface area (Å²) in [6.45, 7) is 3.57. The van der Waals surface area contributed by atoms with Gasteiger partial charge in [0.15, 0.2) is 5.65 Å². The first-order valence-electron chi connectivity index (χ1n) is 7.71. The molecule has 2 N–H and O–H groups in total. The average Bonchev–Trinajstić information content (AvgIpc) is 2.99. The smallest absolute Gasteiger partial charge is 0.281 e. The fraction of sp³-hybridized carbons (Fsp3) is 0.118. The van der Waals surface area contributed by atoms with Crippen molar-refractivity contribution in [1.29, 1.82) is 0 Å². The molecule has 0 saturated carbocycles. The summed E-state index contributed by atoms with van der Waals surface area (Å²) in [6.07, 6.45) is 0. The first-order chi connectivity index (χ1) is 12.3. The Balaban J connectivity index is 2.05. The number of nitrogens with one attached hydrogen (secondary N) is 1. The molecule has 0 aliphatic rings. The predicted octanol–water partition coefficient (Wildman–Crippen LogP) is 1.73. The number of aromatic amines is 1. The molecule has 0 saturated heterocycles. The second kappa shape index (κ2) is 5.40. The van der Waals surface area contributed by atoms with E-state index in [0.717, 1.165) is 5.56 Å². The summed E-state index contributed by atoms with van der Waals surface area (Å²) in [4.78, 5) is 16.3. The second-order valence-corrected chi connectivity index (χ2v) is 7.90. The third-order valence-electron chi connectivity index (χ3n) is 4.19. The molecule has 2 heterocycles. The number of hydrogen-bond donors (Lipinski definition) is 2. The molecule has 132 valence electrons. The lowest BCUT2D eigenvalue weighted by atomic mass is 10.2. The molecule has 4 aromatic rings. The van der Waals surface area contributed by atoms with E-state index in [1.165, 1.54) is 28.8 Å². The van der Waals surface area contributed by atoms with Gasteiger partial charge in [-0.3, -0.25) is 4.79 Å². The lowest BCUT2D eigenvalue weighted by Gasteiger charge is -2.06. The van der Waals surface area contributed by atoms with Crippen molar-refractivity contribution >= 4 is 26.4 Å². The highest BCUT2D eigenvalue weighted by atomic mass is 32.2. The van der Waals surface area contributed by atoms with Gasteiger partial charge in [-0.15, -0.1) is 5.10 Å². The van der Waals surface area contributed by atoms with Gasteiger partial charge in [0.2, 0.25) is 14.9 Å². The van der Waals surface area contributed by atoms with Gasteiger partial charge < -0.3 is 5.11 Å². The van der Waals surface area contributed by atoms with Crippen molar-refractivity contribution in [2.45, 2.75) is 23.8 Å². The average molecular weight is 370 g/mol. The fourth-order valence-electron chi connectivity index (χ4n) is 2.99. The van der Waals surface area contributed by atoms with E-state index in [1.807, 2.05) is 6.92 Å². The van der Waals surface area contributed by atoms with Crippen LogP contribution in [0.25, 0.3) is 16.6 Å². The van der Waals surface area contributed by atoms with Crippen molar-refractivity contribution in [3.8, 4) is 5.75 Å². The molecule has 8 nitrogen and oxygen atoms in total. The topological polar surface area (TPSA) is 117 Å². The minimum absolute atomic E-state index is 0.0843. The minimum atomic E-state index is -3.98. The molecule has 4 rings (SSSR count).